The molecule has 0 aromatic heterocycles. The minimum Gasteiger partial charge on any atom is -0.481 e. The SMILES string of the molecule is CCCCCCCCCCCC(CCCCCC)CCCCCCCC/C=C/CCCCCCCC(=O)O. The molecule has 0 aromatic rings. The van der Waals surface area contributed by atoms with E-state index in [9.17, 15) is 4.79 Å². The van der Waals surface area contributed by atoms with E-state index in [-0.39, 0.29) is 0 Å². The van der Waals surface area contributed by atoms with Crippen molar-refractivity contribution in [3.05, 3.63) is 12.2 Å². The number of carboxylic acids is 1. The first-order chi connectivity index (χ1) is 18.7. The van der Waals surface area contributed by atoms with E-state index >= 15 is 0 Å². The standard InChI is InChI=1S/C36H70O2/c1-3-5-7-9-10-18-21-24-28-32-35(31-27-8-6-4-2)33-29-25-22-19-16-14-12-11-13-15-17-20-23-26-30-34-36(37)38/h11,13,35H,3-10,12,14-34H2,1-2H3,(H,37,38)/b13-11+. The van der Waals surface area contributed by atoms with Gasteiger partial charge in [-0.3, -0.25) is 4.79 Å². The molecule has 0 rings (SSSR count). The summed E-state index contributed by atoms with van der Waals surface area (Å²) in [6.45, 7) is 4.63. The number of carboxylic acid groups (broad SMARTS) is 1. The average molecular weight is 535 g/mol. The molecule has 1 N–H and O–H groups in total. The van der Waals surface area contributed by atoms with E-state index in [0.717, 1.165) is 18.8 Å². The molecule has 0 spiro atoms. The summed E-state index contributed by atoms with van der Waals surface area (Å²) in [6.07, 6.45) is 44.9. The minimum atomic E-state index is -0.658. The number of aliphatic carboxylic acids is 1. The van der Waals surface area contributed by atoms with Crippen LogP contribution < -0.4 is 0 Å². The van der Waals surface area contributed by atoms with Crippen molar-refractivity contribution in [3.8, 4) is 0 Å². The van der Waals surface area contributed by atoms with Crippen LogP contribution in [0.2, 0.25) is 0 Å². The molecule has 0 amide bonds. The fraction of sp³-hybridized carbons (Fsp3) is 0.917. The Morgan fingerprint density at radius 3 is 1.18 bits per heavy atom. The highest BCUT2D eigenvalue weighted by Crippen LogP contribution is 2.24. The smallest absolute Gasteiger partial charge is 0.303 e. The van der Waals surface area contributed by atoms with Crippen molar-refractivity contribution in [2.24, 2.45) is 5.92 Å². The summed E-state index contributed by atoms with van der Waals surface area (Å²) < 4.78 is 0. The summed E-state index contributed by atoms with van der Waals surface area (Å²) in [5.74, 6) is 0.348. The zero-order valence-electron chi connectivity index (χ0n) is 26.3. The monoisotopic (exact) mass is 535 g/mol. The third-order valence-electron chi connectivity index (χ3n) is 8.34. The Balaban J connectivity index is 3.65. The molecule has 38 heavy (non-hydrogen) atoms. The van der Waals surface area contributed by atoms with Gasteiger partial charge in [-0.15, -0.1) is 0 Å². The first-order valence-electron chi connectivity index (χ1n) is 17.6. The number of rotatable bonds is 32. The van der Waals surface area contributed by atoms with Crippen LogP contribution in [0, 0.1) is 5.92 Å². The van der Waals surface area contributed by atoms with Crippen molar-refractivity contribution in [3.63, 3.8) is 0 Å². The van der Waals surface area contributed by atoms with E-state index < -0.39 is 5.97 Å². The molecule has 0 saturated heterocycles. The van der Waals surface area contributed by atoms with Gasteiger partial charge >= 0.3 is 5.97 Å². The first-order valence-corrected chi connectivity index (χ1v) is 17.6. The van der Waals surface area contributed by atoms with E-state index in [4.69, 9.17) is 5.11 Å². The molecule has 0 bridgehead atoms. The van der Waals surface area contributed by atoms with Crippen molar-refractivity contribution in [2.75, 3.05) is 0 Å². The number of allylic oxidation sites excluding steroid dienone is 2. The second-order valence-electron chi connectivity index (χ2n) is 12.2. The van der Waals surface area contributed by atoms with Crippen LogP contribution in [0.15, 0.2) is 12.2 Å². The van der Waals surface area contributed by atoms with Crippen molar-refractivity contribution >= 4 is 5.97 Å². The Hall–Kier alpha value is -0.790. The number of carbonyl (C=O) groups is 1. The molecule has 0 aliphatic heterocycles. The summed E-state index contributed by atoms with van der Waals surface area (Å²) in [4.78, 5) is 10.5. The predicted octanol–water partition coefficient (Wildman–Crippen LogP) is 13.0. The summed E-state index contributed by atoms with van der Waals surface area (Å²) in [5.41, 5.74) is 0. The Morgan fingerprint density at radius 2 is 0.789 bits per heavy atom. The maximum Gasteiger partial charge on any atom is 0.303 e. The molecule has 1 unspecified atom stereocenters. The van der Waals surface area contributed by atoms with Crippen LogP contribution in [0.4, 0.5) is 0 Å². The lowest BCUT2D eigenvalue weighted by molar-refractivity contribution is -0.137. The Bertz CT molecular complexity index is 484. The first kappa shape index (κ1) is 37.2. The maximum atomic E-state index is 10.5. The molecule has 0 saturated carbocycles. The van der Waals surface area contributed by atoms with Gasteiger partial charge in [0.25, 0.3) is 0 Å². The van der Waals surface area contributed by atoms with Gasteiger partial charge in [0.05, 0.1) is 0 Å². The highest BCUT2D eigenvalue weighted by Gasteiger charge is 2.08. The highest BCUT2D eigenvalue weighted by atomic mass is 16.4. The van der Waals surface area contributed by atoms with Crippen LogP contribution in [0.1, 0.15) is 206 Å². The van der Waals surface area contributed by atoms with E-state index in [1.807, 2.05) is 0 Å². The van der Waals surface area contributed by atoms with Crippen LogP contribution in [0.3, 0.4) is 0 Å². The summed E-state index contributed by atoms with van der Waals surface area (Å²) in [5, 5.41) is 8.65. The van der Waals surface area contributed by atoms with Crippen LogP contribution in [-0.2, 0) is 4.79 Å². The molecule has 2 heteroatoms. The zero-order valence-corrected chi connectivity index (χ0v) is 26.3. The fourth-order valence-electron chi connectivity index (χ4n) is 5.74. The van der Waals surface area contributed by atoms with E-state index in [1.165, 1.54) is 173 Å². The molecule has 226 valence electrons. The average Bonchev–Trinajstić information content (AvgIpc) is 2.91. The second-order valence-corrected chi connectivity index (χ2v) is 12.2. The molecule has 2 nitrogen and oxygen atoms in total. The lowest BCUT2D eigenvalue weighted by Gasteiger charge is -2.17. The zero-order chi connectivity index (χ0) is 27.8. The number of unbranched alkanes of at least 4 members (excludes halogenated alkanes) is 22. The van der Waals surface area contributed by atoms with Gasteiger partial charge < -0.3 is 5.11 Å². The third kappa shape index (κ3) is 31.4. The second kappa shape index (κ2) is 32.4. The Morgan fingerprint density at radius 1 is 0.474 bits per heavy atom. The summed E-state index contributed by atoms with van der Waals surface area (Å²) >= 11 is 0. The van der Waals surface area contributed by atoms with Gasteiger partial charge in [-0.25, -0.2) is 0 Å². The van der Waals surface area contributed by atoms with Gasteiger partial charge in [-0.1, -0.05) is 180 Å². The number of hydrogen-bond donors (Lipinski definition) is 1. The van der Waals surface area contributed by atoms with Gasteiger partial charge in [-0.05, 0) is 38.0 Å². The predicted molar refractivity (Wildman–Crippen MR) is 170 cm³/mol. The maximum absolute atomic E-state index is 10.5. The van der Waals surface area contributed by atoms with E-state index in [2.05, 4.69) is 26.0 Å². The molecule has 1 atom stereocenters. The van der Waals surface area contributed by atoms with E-state index in [0.29, 0.717) is 6.42 Å². The lowest BCUT2D eigenvalue weighted by atomic mass is 9.89. The molecule has 0 aliphatic rings. The fourth-order valence-corrected chi connectivity index (χ4v) is 5.74. The van der Waals surface area contributed by atoms with Crippen LogP contribution >= 0.6 is 0 Å². The topological polar surface area (TPSA) is 37.3 Å². The minimum absolute atomic E-state index is 0.332. The molecule has 0 heterocycles. The number of hydrogen-bond acceptors (Lipinski definition) is 1. The molecule has 0 fully saturated rings. The van der Waals surface area contributed by atoms with Crippen LogP contribution in [-0.4, -0.2) is 11.1 Å². The van der Waals surface area contributed by atoms with Gasteiger partial charge in [0.1, 0.15) is 0 Å². The summed E-state index contributed by atoms with van der Waals surface area (Å²) in [7, 11) is 0. The van der Waals surface area contributed by atoms with Gasteiger partial charge in [0.2, 0.25) is 0 Å². The molecular weight excluding hydrogens is 464 g/mol. The van der Waals surface area contributed by atoms with Gasteiger partial charge in [0, 0.05) is 6.42 Å². The lowest BCUT2D eigenvalue weighted by Crippen LogP contribution is -2.01. The highest BCUT2D eigenvalue weighted by molar-refractivity contribution is 5.66. The molecule has 0 aromatic carbocycles. The molecule has 0 radical (unpaired) electrons. The van der Waals surface area contributed by atoms with Crippen molar-refractivity contribution in [2.45, 2.75) is 206 Å². The molecule has 0 aliphatic carbocycles. The van der Waals surface area contributed by atoms with Crippen LogP contribution in [0.5, 0.6) is 0 Å². The Kier molecular flexibility index (Phi) is 31.7. The van der Waals surface area contributed by atoms with Crippen molar-refractivity contribution < 1.29 is 9.90 Å². The molecular formula is C36H70O2. The van der Waals surface area contributed by atoms with Gasteiger partial charge in [-0.2, -0.15) is 0 Å². The largest absolute Gasteiger partial charge is 0.481 e. The van der Waals surface area contributed by atoms with Crippen molar-refractivity contribution in [1.29, 1.82) is 0 Å². The van der Waals surface area contributed by atoms with Crippen molar-refractivity contribution in [1.82, 2.24) is 0 Å². The normalized spacial score (nSPS) is 12.5. The quantitative estimate of drug-likeness (QED) is 0.0688. The van der Waals surface area contributed by atoms with E-state index in [1.54, 1.807) is 0 Å². The Labute approximate surface area is 240 Å². The third-order valence-corrected chi connectivity index (χ3v) is 8.34. The van der Waals surface area contributed by atoms with Crippen LogP contribution in [0.25, 0.3) is 0 Å². The summed E-state index contributed by atoms with van der Waals surface area (Å²) in [6, 6.07) is 0. The van der Waals surface area contributed by atoms with Gasteiger partial charge in [0.15, 0.2) is 0 Å².